The molecule has 3 amide bonds. The Kier molecular flexibility index (Phi) is 11.2. The van der Waals surface area contributed by atoms with E-state index in [0.29, 0.717) is 5.57 Å². The summed E-state index contributed by atoms with van der Waals surface area (Å²) < 4.78 is 19.8. The third-order valence-corrected chi connectivity index (χ3v) is 5.41. The first kappa shape index (κ1) is 29.1. The fourth-order valence-corrected chi connectivity index (χ4v) is 3.88. The van der Waals surface area contributed by atoms with Crippen molar-refractivity contribution in [2.75, 3.05) is 6.54 Å². The molecule has 7 nitrogen and oxygen atoms in total. The Morgan fingerprint density at radius 1 is 1.09 bits per heavy atom. The number of carbonyl (C=O) groups excluding carboxylic acids is 3. The maximum absolute atomic E-state index is 14.6. The highest BCUT2D eigenvalue weighted by Gasteiger charge is 2.36. The number of amides is 3. The molecular weight excluding hydrogens is 437 g/mol. The average Bonchev–Trinajstić information content (AvgIpc) is 2.73. The third kappa shape index (κ3) is 8.80. The van der Waals surface area contributed by atoms with Crippen LogP contribution in [0.5, 0.6) is 0 Å². The maximum atomic E-state index is 14.6. The minimum Gasteiger partial charge on any atom is -0.444 e. The molecule has 1 fully saturated rings. The van der Waals surface area contributed by atoms with Crippen molar-refractivity contribution in [1.82, 2.24) is 15.5 Å². The van der Waals surface area contributed by atoms with E-state index < -0.39 is 41.9 Å². The van der Waals surface area contributed by atoms with Gasteiger partial charge in [-0.05, 0) is 66.0 Å². The largest absolute Gasteiger partial charge is 0.444 e. The minimum atomic E-state index is -1.18. The highest BCUT2D eigenvalue weighted by molar-refractivity contribution is 5.94. The first-order valence-electron chi connectivity index (χ1n) is 11.7. The monoisotopic (exact) mass is 477 g/mol. The zero-order valence-electron chi connectivity index (χ0n) is 21.4. The van der Waals surface area contributed by atoms with Gasteiger partial charge in [0, 0.05) is 6.04 Å². The van der Waals surface area contributed by atoms with Crippen molar-refractivity contribution in [2.24, 2.45) is 0 Å². The van der Waals surface area contributed by atoms with Gasteiger partial charge >= 0.3 is 6.09 Å². The van der Waals surface area contributed by atoms with Crippen molar-refractivity contribution in [3.8, 4) is 0 Å². The molecular formula is C26H40FN3O4. The summed E-state index contributed by atoms with van der Waals surface area (Å²) in [7, 11) is 0. The van der Waals surface area contributed by atoms with Crippen molar-refractivity contribution in [1.29, 1.82) is 0 Å². The summed E-state index contributed by atoms with van der Waals surface area (Å²) in [5.74, 6) is -1.82. The van der Waals surface area contributed by atoms with Crippen LogP contribution in [0.2, 0.25) is 0 Å². The van der Waals surface area contributed by atoms with Crippen LogP contribution in [0.3, 0.4) is 0 Å². The van der Waals surface area contributed by atoms with Crippen LogP contribution in [0.4, 0.5) is 9.18 Å². The SMILES string of the molecule is C=CC(=C(C)C)C(C(=O)NC1CCCCC1)N(C(=O)CNC(=O)OC(C)(C)C)C(C=C)=C(C)F. The van der Waals surface area contributed by atoms with Gasteiger partial charge in [0.25, 0.3) is 0 Å². The Bertz CT molecular complexity index is 841. The normalized spacial score (nSPS) is 15.9. The van der Waals surface area contributed by atoms with Gasteiger partial charge in [-0.2, -0.15) is 0 Å². The quantitative estimate of drug-likeness (QED) is 0.454. The van der Waals surface area contributed by atoms with E-state index in [9.17, 15) is 18.8 Å². The van der Waals surface area contributed by atoms with Crippen LogP contribution in [0, 0.1) is 0 Å². The van der Waals surface area contributed by atoms with E-state index in [1.165, 1.54) is 19.1 Å². The van der Waals surface area contributed by atoms with E-state index in [1.54, 1.807) is 34.6 Å². The molecule has 0 heterocycles. The Morgan fingerprint density at radius 2 is 1.68 bits per heavy atom. The van der Waals surface area contributed by atoms with E-state index in [2.05, 4.69) is 23.8 Å². The van der Waals surface area contributed by atoms with E-state index in [0.717, 1.165) is 42.6 Å². The van der Waals surface area contributed by atoms with Crippen LogP contribution in [-0.4, -0.2) is 47.0 Å². The molecule has 0 bridgehead atoms. The molecule has 190 valence electrons. The lowest BCUT2D eigenvalue weighted by atomic mass is 9.93. The fourth-order valence-electron chi connectivity index (χ4n) is 3.88. The average molecular weight is 478 g/mol. The molecule has 2 N–H and O–H groups in total. The van der Waals surface area contributed by atoms with Crippen molar-refractivity contribution in [2.45, 2.75) is 91.3 Å². The number of alkyl carbamates (subject to hydrolysis) is 1. The van der Waals surface area contributed by atoms with Crippen LogP contribution in [0.25, 0.3) is 0 Å². The summed E-state index contributed by atoms with van der Waals surface area (Å²) in [6, 6.07) is -1.21. The van der Waals surface area contributed by atoms with E-state index in [1.807, 2.05) is 0 Å². The van der Waals surface area contributed by atoms with E-state index >= 15 is 0 Å². The van der Waals surface area contributed by atoms with Crippen LogP contribution >= 0.6 is 0 Å². The number of carbonyl (C=O) groups is 3. The molecule has 0 spiro atoms. The third-order valence-electron chi connectivity index (χ3n) is 5.41. The lowest BCUT2D eigenvalue weighted by Gasteiger charge is -2.35. The topological polar surface area (TPSA) is 87.7 Å². The molecule has 1 saturated carbocycles. The van der Waals surface area contributed by atoms with Gasteiger partial charge in [0.1, 0.15) is 24.0 Å². The predicted molar refractivity (Wildman–Crippen MR) is 132 cm³/mol. The lowest BCUT2D eigenvalue weighted by Crippen LogP contribution is -2.54. The zero-order chi connectivity index (χ0) is 26.1. The van der Waals surface area contributed by atoms with Gasteiger partial charge in [0.2, 0.25) is 11.8 Å². The number of hydrogen-bond acceptors (Lipinski definition) is 4. The number of nitrogens with one attached hydrogen (secondary N) is 2. The molecule has 0 aliphatic heterocycles. The van der Waals surface area contributed by atoms with Crippen LogP contribution in [-0.2, 0) is 14.3 Å². The van der Waals surface area contributed by atoms with Gasteiger partial charge < -0.3 is 15.4 Å². The van der Waals surface area contributed by atoms with Crippen molar-refractivity contribution < 1.29 is 23.5 Å². The van der Waals surface area contributed by atoms with Gasteiger partial charge in [-0.1, -0.05) is 44.1 Å². The molecule has 0 aromatic heterocycles. The molecule has 1 aliphatic carbocycles. The molecule has 1 rings (SSSR count). The van der Waals surface area contributed by atoms with Gasteiger partial charge in [-0.15, -0.1) is 0 Å². The van der Waals surface area contributed by atoms with Crippen molar-refractivity contribution >= 4 is 17.9 Å². The summed E-state index contributed by atoms with van der Waals surface area (Å²) in [6.07, 6.45) is 6.72. The molecule has 0 saturated heterocycles. The molecule has 34 heavy (non-hydrogen) atoms. The van der Waals surface area contributed by atoms with Crippen molar-refractivity contribution in [3.63, 3.8) is 0 Å². The lowest BCUT2D eigenvalue weighted by molar-refractivity contribution is -0.136. The molecule has 0 aromatic carbocycles. The second-order valence-electron chi connectivity index (χ2n) is 9.65. The number of nitrogens with zero attached hydrogens (tertiary/aromatic N) is 1. The standard InChI is InChI=1S/C26H40FN3O4/c1-9-20(17(3)4)23(24(32)29-19-14-12-11-13-15-19)30(21(10-2)18(5)27)22(31)16-28-25(33)34-26(6,7)8/h9-10,19,23H,1-2,11-16H2,3-8H3,(H,28,33)(H,29,32). The number of rotatable bonds is 9. The molecule has 1 atom stereocenters. The van der Waals surface area contributed by atoms with Gasteiger partial charge in [-0.3, -0.25) is 14.5 Å². The maximum Gasteiger partial charge on any atom is 0.408 e. The first-order valence-corrected chi connectivity index (χ1v) is 11.7. The highest BCUT2D eigenvalue weighted by Crippen LogP contribution is 2.26. The second kappa shape index (κ2) is 13.1. The van der Waals surface area contributed by atoms with Crippen LogP contribution in [0.15, 0.2) is 48.0 Å². The fraction of sp³-hybridized carbons (Fsp3) is 0.577. The Hall–Kier alpha value is -2.90. The van der Waals surface area contributed by atoms with E-state index in [-0.39, 0.29) is 11.7 Å². The Morgan fingerprint density at radius 3 is 2.12 bits per heavy atom. The highest BCUT2D eigenvalue weighted by atomic mass is 19.1. The van der Waals surface area contributed by atoms with Gasteiger partial charge in [0.05, 0.1) is 5.70 Å². The summed E-state index contributed by atoms with van der Waals surface area (Å²) in [6.45, 7) is 16.8. The van der Waals surface area contributed by atoms with Crippen LogP contribution < -0.4 is 10.6 Å². The summed E-state index contributed by atoms with van der Waals surface area (Å²) in [5.41, 5.74) is 0.311. The summed E-state index contributed by atoms with van der Waals surface area (Å²) >= 11 is 0. The second-order valence-corrected chi connectivity index (χ2v) is 9.65. The summed E-state index contributed by atoms with van der Waals surface area (Å²) in [5, 5.41) is 5.43. The zero-order valence-corrected chi connectivity index (χ0v) is 21.4. The molecule has 0 aromatic rings. The predicted octanol–water partition coefficient (Wildman–Crippen LogP) is 5.07. The van der Waals surface area contributed by atoms with Crippen LogP contribution in [0.1, 0.15) is 73.6 Å². The number of ether oxygens (including phenoxy) is 1. The number of halogens is 1. The molecule has 1 aliphatic rings. The summed E-state index contributed by atoms with van der Waals surface area (Å²) in [4.78, 5) is 40.1. The number of hydrogen-bond donors (Lipinski definition) is 2. The Labute approximate surface area is 203 Å². The molecule has 0 radical (unpaired) electrons. The minimum absolute atomic E-state index is 0.0218. The van der Waals surface area contributed by atoms with Gasteiger partial charge in [0.15, 0.2) is 0 Å². The Balaban J connectivity index is 3.40. The molecule has 8 heteroatoms. The molecule has 1 unspecified atom stereocenters. The van der Waals surface area contributed by atoms with E-state index in [4.69, 9.17) is 4.74 Å². The first-order chi connectivity index (χ1) is 15.8. The van der Waals surface area contributed by atoms with Gasteiger partial charge in [-0.25, -0.2) is 9.18 Å². The number of allylic oxidation sites excluding steroid dienone is 3. The van der Waals surface area contributed by atoms with Crippen molar-refractivity contribution in [3.05, 3.63) is 48.0 Å². The smallest absolute Gasteiger partial charge is 0.408 e.